The van der Waals surface area contributed by atoms with Crippen LogP contribution in [-0.2, 0) is 9.47 Å². The van der Waals surface area contributed by atoms with Crippen molar-refractivity contribution in [2.24, 2.45) is 0 Å². The summed E-state index contributed by atoms with van der Waals surface area (Å²) in [4.78, 5) is 0. The van der Waals surface area contributed by atoms with E-state index in [0.29, 0.717) is 6.04 Å². The van der Waals surface area contributed by atoms with Crippen LogP contribution < -0.4 is 5.32 Å². The lowest BCUT2D eigenvalue weighted by Crippen LogP contribution is -2.41. The standard InChI is InChI=1S/C16H27NO2/c1-13(10-15-12-18-9-7-17-15)14-4-8-19-16(11-14)5-2-3-6-16/h15,17H,2-12H2,1H3. The van der Waals surface area contributed by atoms with Crippen LogP contribution in [0.2, 0.25) is 0 Å². The largest absolute Gasteiger partial charge is 0.379 e. The Labute approximate surface area is 116 Å². The summed E-state index contributed by atoms with van der Waals surface area (Å²) in [5.74, 6) is 0. The van der Waals surface area contributed by atoms with Crippen LogP contribution in [0, 0.1) is 0 Å². The second-order valence-corrected chi connectivity index (χ2v) is 6.48. The van der Waals surface area contributed by atoms with Gasteiger partial charge in [0.05, 0.1) is 25.4 Å². The van der Waals surface area contributed by atoms with Gasteiger partial charge in [-0.25, -0.2) is 0 Å². The molecular formula is C16H27NO2. The molecule has 3 fully saturated rings. The van der Waals surface area contributed by atoms with E-state index in [4.69, 9.17) is 9.47 Å². The molecule has 3 rings (SSSR count). The molecule has 0 aromatic rings. The van der Waals surface area contributed by atoms with Gasteiger partial charge in [0.1, 0.15) is 0 Å². The second-order valence-electron chi connectivity index (χ2n) is 6.48. The number of rotatable bonds is 2. The first-order valence-corrected chi connectivity index (χ1v) is 7.90. The van der Waals surface area contributed by atoms with Crippen molar-refractivity contribution in [2.75, 3.05) is 26.4 Å². The number of hydrogen-bond donors (Lipinski definition) is 1. The average molecular weight is 265 g/mol. The monoisotopic (exact) mass is 265 g/mol. The van der Waals surface area contributed by atoms with Gasteiger partial charge in [0.15, 0.2) is 0 Å². The van der Waals surface area contributed by atoms with E-state index in [1.807, 2.05) is 0 Å². The molecule has 1 aliphatic carbocycles. The third-order valence-electron chi connectivity index (χ3n) is 5.02. The molecule has 1 unspecified atom stereocenters. The SMILES string of the molecule is CC(CC1COCCN1)=C1CCOC2(CCCC2)C1. The van der Waals surface area contributed by atoms with Gasteiger partial charge in [0, 0.05) is 12.6 Å². The molecule has 3 aliphatic rings. The molecule has 0 amide bonds. The van der Waals surface area contributed by atoms with Gasteiger partial charge in [-0.2, -0.15) is 0 Å². The Morgan fingerprint density at radius 3 is 2.89 bits per heavy atom. The highest BCUT2D eigenvalue weighted by atomic mass is 16.5. The molecule has 0 bridgehead atoms. The Morgan fingerprint density at radius 2 is 2.16 bits per heavy atom. The van der Waals surface area contributed by atoms with Crippen molar-refractivity contribution in [1.82, 2.24) is 5.32 Å². The summed E-state index contributed by atoms with van der Waals surface area (Å²) in [6, 6.07) is 0.517. The third kappa shape index (κ3) is 3.21. The van der Waals surface area contributed by atoms with E-state index in [-0.39, 0.29) is 5.60 Å². The normalized spacial score (nSPS) is 33.6. The molecule has 2 heterocycles. The minimum atomic E-state index is 0.214. The van der Waals surface area contributed by atoms with Crippen LogP contribution in [0.25, 0.3) is 0 Å². The number of ether oxygens (including phenoxy) is 2. The third-order valence-corrected chi connectivity index (χ3v) is 5.02. The van der Waals surface area contributed by atoms with Crippen molar-refractivity contribution in [1.29, 1.82) is 0 Å². The Hall–Kier alpha value is -0.380. The van der Waals surface area contributed by atoms with E-state index >= 15 is 0 Å². The molecule has 3 nitrogen and oxygen atoms in total. The van der Waals surface area contributed by atoms with Crippen molar-refractivity contribution in [3.8, 4) is 0 Å². The molecule has 1 atom stereocenters. The van der Waals surface area contributed by atoms with Crippen molar-refractivity contribution in [2.45, 2.75) is 63.5 Å². The highest BCUT2D eigenvalue weighted by Crippen LogP contribution is 2.42. The summed E-state index contributed by atoms with van der Waals surface area (Å²) in [6.45, 7) is 5.98. The molecule has 1 N–H and O–H groups in total. The lowest BCUT2D eigenvalue weighted by molar-refractivity contribution is -0.0563. The summed E-state index contributed by atoms with van der Waals surface area (Å²) in [6.07, 6.45) is 8.72. The van der Waals surface area contributed by atoms with Crippen LogP contribution >= 0.6 is 0 Å². The van der Waals surface area contributed by atoms with Crippen LogP contribution in [0.15, 0.2) is 11.1 Å². The number of hydrogen-bond acceptors (Lipinski definition) is 3. The van der Waals surface area contributed by atoms with E-state index < -0.39 is 0 Å². The molecule has 2 saturated heterocycles. The minimum absolute atomic E-state index is 0.214. The predicted octanol–water partition coefficient (Wildman–Crippen LogP) is 2.80. The smallest absolute Gasteiger partial charge is 0.0719 e. The van der Waals surface area contributed by atoms with Crippen LogP contribution in [0.5, 0.6) is 0 Å². The fourth-order valence-electron chi connectivity index (χ4n) is 3.89. The summed E-state index contributed by atoms with van der Waals surface area (Å²) < 4.78 is 11.7. The fourth-order valence-corrected chi connectivity index (χ4v) is 3.89. The van der Waals surface area contributed by atoms with Gasteiger partial charge in [0.2, 0.25) is 0 Å². The maximum absolute atomic E-state index is 6.12. The van der Waals surface area contributed by atoms with Gasteiger partial charge >= 0.3 is 0 Å². The van der Waals surface area contributed by atoms with Crippen LogP contribution in [0.3, 0.4) is 0 Å². The zero-order chi connectivity index (χ0) is 13.1. The van der Waals surface area contributed by atoms with Crippen LogP contribution in [0.1, 0.15) is 51.9 Å². The molecule has 1 spiro atoms. The average Bonchev–Trinajstić information content (AvgIpc) is 2.88. The molecular weight excluding hydrogens is 238 g/mol. The highest BCUT2D eigenvalue weighted by Gasteiger charge is 2.38. The first kappa shape index (κ1) is 13.6. The zero-order valence-electron chi connectivity index (χ0n) is 12.2. The van der Waals surface area contributed by atoms with Crippen molar-refractivity contribution in [3.63, 3.8) is 0 Å². The van der Waals surface area contributed by atoms with Gasteiger partial charge < -0.3 is 14.8 Å². The lowest BCUT2D eigenvalue weighted by Gasteiger charge is -2.36. The molecule has 19 heavy (non-hydrogen) atoms. The van der Waals surface area contributed by atoms with Crippen molar-refractivity contribution < 1.29 is 9.47 Å². The van der Waals surface area contributed by atoms with E-state index in [1.165, 1.54) is 32.1 Å². The summed E-state index contributed by atoms with van der Waals surface area (Å²) in [5.41, 5.74) is 3.46. The fraction of sp³-hybridized carbons (Fsp3) is 0.875. The van der Waals surface area contributed by atoms with E-state index in [9.17, 15) is 0 Å². The van der Waals surface area contributed by atoms with Crippen LogP contribution in [-0.4, -0.2) is 38.0 Å². The predicted molar refractivity (Wildman–Crippen MR) is 76.3 cm³/mol. The number of nitrogens with one attached hydrogen (secondary N) is 1. The Kier molecular flexibility index (Phi) is 4.25. The van der Waals surface area contributed by atoms with E-state index in [0.717, 1.165) is 39.2 Å². The van der Waals surface area contributed by atoms with Gasteiger partial charge in [-0.15, -0.1) is 0 Å². The van der Waals surface area contributed by atoms with Crippen molar-refractivity contribution in [3.05, 3.63) is 11.1 Å². The lowest BCUT2D eigenvalue weighted by atomic mass is 9.85. The van der Waals surface area contributed by atoms with Gasteiger partial charge in [0.25, 0.3) is 0 Å². The summed E-state index contributed by atoms with van der Waals surface area (Å²) in [5, 5.41) is 3.56. The highest BCUT2D eigenvalue weighted by molar-refractivity contribution is 5.19. The second kappa shape index (κ2) is 5.94. The van der Waals surface area contributed by atoms with Gasteiger partial charge in [-0.1, -0.05) is 24.0 Å². The first-order chi connectivity index (χ1) is 9.27. The molecule has 0 radical (unpaired) electrons. The Balaban J connectivity index is 1.63. The molecule has 108 valence electrons. The molecule has 2 aliphatic heterocycles. The molecule has 0 aromatic heterocycles. The number of morpholine rings is 1. The maximum Gasteiger partial charge on any atom is 0.0719 e. The Morgan fingerprint density at radius 1 is 1.32 bits per heavy atom. The summed E-state index contributed by atoms with van der Waals surface area (Å²) >= 11 is 0. The summed E-state index contributed by atoms with van der Waals surface area (Å²) in [7, 11) is 0. The zero-order valence-corrected chi connectivity index (χ0v) is 12.2. The molecule has 1 saturated carbocycles. The van der Waals surface area contributed by atoms with Gasteiger partial charge in [-0.3, -0.25) is 0 Å². The van der Waals surface area contributed by atoms with E-state index in [1.54, 1.807) is 11.1 Å². The van der Waals surface area contributed by atoms with Crippen molar-refractivity contribution >= 4 is 0 Å². The molecule has 0 aromatic carbocycles. The van der Waals surface area contributed by atoms with E-state index in [2.05, 4.69) is 12.2 Å². The Bertz CT molecular complexity index is 339. The maximum atomic E-state index is 6.12. The minimum Gasteiger partial charge on any atom is -0.379 e. The van der Waals surface area contributed by atoms with Gasteiger partial charge in [-0.05, 0) is 39.0 Å². The topological polar surface area (TPSA) is 30.5 Å². The first-order valence-electron chi connectivity index (χ1n) is 7.90. The molecule has 3 heteroatoms. The van der Waals surface area contributed by atoms with Crippen LogP contribution in [0.4, 0.5) is 0 Å². The quantitative estimate of drug-likeness (QED) is 0.779.